The molecule has 0 aliphatic carbocycles. The van der Waals surface area contributed by atoms with Gasteiger partial charge in [0.25, 0.3) is 10.1 Å². The second-order valence-corrected chi connectivity index (χ2v) is 10.2. The van der Waals surface area contributed by atoms with Gasteiger partial charge in [-0.2, -0.15) is 8.42 Å². The fourth-order valence-electron chi connectivity index (χ4n) is 2.73. The van der Waals surface area contributed by atoms with E-state index in [4.69, 9.17) is 4.18 Å². The van der Waals surface area contributed by atoms with Gasteiger partial charge < -0.3 is 0 Å². The smallest absolute Gasteiger partial charge is 0.284 e. The highest BCUT2D eigenvalue weighted by Crippen LogP contribution is 2.17. The standard InChI is InChI=1S/C19H33NO5S2/c1-3-4-5-6-7-8-9-10-11-12-17-25-27(23,24)19-15-13-18(14-16-19)20-26(2,21)22/h13-16,20H,3-12,17H2,1-2H3. The Labute approximate surface area is 164 Å². The summed E-state index contributed by atoms with van der Waals surface area (Å²) >= 11 is 0. The Morgan fingerprint density at radius 3 is 1.74 bits per heavy atom. The Kier molecular flexibility index (Phi) is 10.9. The van der Waals surface area contributed by atoms with Gasteiger partial charge >= 0.3 is 0 Å². The maximum Gasteiger partial charge on any atom is 0.296 e. The van der Waals surface area contributed by atoms with Crippen LogP contribution in [0.3, 0.4) is 0 Å². The molecule has 0 atom stereocenters. The first kappa shape index (κ1) is 23.9. The van der Waals surface area contributed by atoms with Gasteiger partial charge in [-0.1, -0.05) is 64.7 Å². The third kappa shape index (κ3) is 11.3. The molecule has 1 N–H and O–H groups in total. The molecule has 156 valence electrons. The van der Waals surface area contributed by atoms with Gasteiger partial charge in [0.1, 0.15) is 0 Å². The average Bonchev–Trinajstić information content (AvgIpc) is 2.58. The lowest BCUT2D eigenvalue weighted by Gasteiger charge is -2.07. The third-order valence-electron chi connectivity index (χ3n) is 4.18. The van der Waals surface area contributed by atoms with Crippen molar-refractivity contribution in [1.82, 2.24) is 0 Å². The summed E-state index contributed by atoms with van der Waals surface area (Å²) in [7, 11) is -7.20. The quantitative estimate of drug-likeness (QED) is 0.329. The number of nitrogens with one attached hydrogen (secondary N) is 1. The summed E-state index contributed by atoms with van der Waals surface area (Å²) in [6.45, 7) is 2.38. The molecule has 0 aliphatic heterocycles. The van der Waals surface area contributed by atoms with E-state index in [1.807, 2.05) is 0 Å². The highest BCUT2D eigenvalue weighted by Gasteiger charge is 2.15. The molecular formula is C19H33NO5S2. The first-order chi connectivity index (χ1) is 12.7. The number of anilines is 1. The lowest BCUT2D eigenvalue weighted by atomic mass is 10.1. The van der Waals surface area contributed by atoms with E-state index < -0.39 is 20.1 Å². The van der Waals surface area contributed by atoms with Gasteiger partial charge in [0.15, 0.2) is 0 Å². The van der Waals surface area contributed by atoms with Crippen molar-refractivity contribution in [3.63, 3.8) is 0 Å². The Hall–Kier alpha value is -1.12. The average molecular weight is 420 g/mol. The summed E-state index contributed by atoms with van der Waals surface area (Å²) in [5, 5.41) is 0. The number of benzene rings is 1. The molecule has 1 aromatic rings. The molecule has 0 aromatic heterocycles. The van der Waals surface area contributed by atoms with Crippen molar-refractivity contribution >= 4 is 25.8 Å². The first-order valence-electron chi connectivity index (χ1n) is 9.72. The number of unbranched alkanes of at least 4 members (excludes halogenated alkanes) is 9. The van der Waals surface area contributed by atoms with Crippen molar-refractivity contribution in [2.24, 2.45) is 0 Å². The van der Waals surface area contributed by atoms with Crippen LogP contribution in [0.15, 0.2) is 29.2 Å². The molecular weight excluding hydrogens is 386 g/mol. The van der Waals surface area contributed by atoms with Gasteiger partial charge in [-0.25, -0.2) is 8.42 Å². The minimum Gasteiger partial charge on any atom is -0.284 e. The van der Waals surface area contributed by atoms with E-state index in [2.05, 4.69) is 11.6 Å². The molecule has 0 unspecified atom stereocenters. The van der Waals surface area contributed by atoms with E-state index in [1.54, 1.807) is 0 Å². The van der Waals surface area contributed by atoms with E-state index >= 15 is 0 Å². The molecule has 1 aromatic carbocycles. The highest BCUT2D eigenvalue weighted by atomic mass is 32.2. The van der Waals surface area contributed by atoms with Gasteiger partial charge in [-0.05, 0) is 30.7 Å². The van der Waals surface area contributed by atoms with Gasteiger partial charge in [0.05, 0.1) is 17.8 Å². The molecule has 0 aliphatic rings. The summed E-state index contributed by atoms with van der Waals surface area (Å²) < 4.78 is 53.9. The van der Waals surface area contributed by atoms with E-state index in [-0.39, 0.29) is 11.5 Å². The van der Waals surface area contributed by atoms with Crippen LogP contribution in [-0.2, 0) is 24.3 Å². The van der Waals surface area contributed by atoms with E-state index in [1.165, 1.54) is 69.2 Å². The molecule has 0 amide bonds. The monoisotopic (exact) mass is 419 g/mol. The van der Waals surface area contributed by atoms with Gasteiger partial charge in [-0.15, -0.1) is 0 Å². The SMILES string of the molecule is CCCCCCCCCCCCOS(=O)(=O)c1ccc(NS(C)(=O)=O)cc1. The van der Waals surface area contributed by atoms with Crippen LogP contribution in [0.4, 0.5) is 5.69 Å². The van der Waals surface area contributed by atoms with Gasteiger partial charge in [0.2, 0.25) is 10.0 Å². The predicted octanol–water partition coefficient (Wildman–Crippen LogP) is 4.68. The summed E-state index contributed by atoms with van der Waals surface area (Å²) in [4.78, 5) is 0.0219. The molecule has 0 bridgehead atoms. The molecule has 0 fully saturated rings. The summed E-state index contributed by atoms with van der Waals surface area (Å²) in [5.74, 6) is 0. The van der Waals surface area contributed by atoms with Crippen molar-refractivity contribution in [2.75, 3.05) is 17.6 Å². The molecule has 0 saturated heterocycles. The first-order valence-corrected chi connectivity index (χ1v) is 13.0. The minimum absolute atomic E-state index is 0.0219. The fourth-order valence-corrected chi connectivity index (χ4v) is 4.24. The van der Waals surface area contributed by atoms with Crippen LogP contribution < -0.4 is 4.72 Å². The zero-order valence-corrected chi connectivity index (χ0v) is 18.1. The van der Waals surface area contributed by atoms with Crippen molar-refractivity contribution in [1.29, 1.82) is 0 Å². The Bertz CT molecular complexity index is 728. The molecule has 8 heteroatoms. The lowest BCUT2D eigenvalue weighted by molar-refractivity contribution is 0.306. The maximum absolute atomic E-state index is 12.1. The van der Waals surface area contributed by atoms with Crippen LogP contribution in [0, 0.1) is 0 Å². The van der Waals surface area contributed by atoms with Crippen molar-refractivity contribution in [2.45, 2.75) is 76.0 Å². The fraction of sp³-hybridized carbons (Fsp3) is 0.684. The molecule has 0 heterocycles. The zero-order valence-electron chi connectivity index (χ0n) is 16.4. The zero-order chi connectivity index (χ0) is 20.2. The Morgan fingerprint density at radius 1 is 0.778 bits per heavy atom. The van der Waals surface area contributed by atoms with Crippen LogP contribution >= 0.6 is 0 Å². The van der Waals surface area contributed by atoms with Crippen molar-refractivity contribution in [3.8, 4) is 0 Å². The summed E-state index contributed by atoms with van der Waals surface area (Å²) in [6, 6.07) is 5.47. The number of hydrogen-bond donors (Lipinski definition) is 1. The van der Waals surface area contributed by atoms with Crippen molar-refractivity contribution in [3.05, 3.63) is 24.3 Å². The summed E-state index contributed by atoms with van der Waals surface area (Å²) in [5.41, 5.74) is 0.311. The molecule has 0 saturated carbocycles. The topological polar surface area (TPSA) is 89.5 Å². The third-order valence-corrected chi connectivity index (χ3v) is 6.12. The van der Waals surface area contributed by atoms with Gasteiger partial charge in [0, 0.05) is 5.69 Å². The normalized spacial score (nSPS) is 12.2. The van der Waals surface area contributed by atoms with Crippen LogP contribution in [0.1, 0.15) is 71.1 Å². The number of hydrogen-bond acceptors (Lipinski definition) is 5. The van der Waals surface area contributed by atoms with Crippen LogP contribution in [0.25, 0.3) is 0 Å². The maximum atomic E-state index is 12.1. The predicted molar refractivity (Wildman–Crippen MR) is 110 cm³/mol. The molecule has 0 spiro atoms. The van der Waals surface area contributed by atoms with E-state index in [0.717, 1.165) is 19.1 Å². The van der Waals surface area contributed by atoms with Crippen LogP contribution in [-0.4, -0.2) is 29.7 Å². The molecule has 0 radical (unpaired) electrons. The second kappa shape index (κ2) is 12.4. The van der Waals surface area contributed by atoms with Crippen LogP contribution in [0.5, 0.6) is 0 Å². The molecule has 6 nitrogen and oxygen atoms in total. The van der Waals surface area contributed by atoms with E-state index in [0.29, 0.717) is 12.1 Å². The molecule has 27 heavy (non-hydrogen) atoms. The lowest BCUT2D eigenvalue weighted by Crippen LogP contribution is -2.10. The minimum atomic E-state index is -3.81. The molecule has 1 rings (SSSR count). The highest BCUT2D eigenvalue weighted by molar-refractivity contribution is 7.92. The Morgan fingerprint density at radius 2 is 1.26 bits per heavy atom. The van der Waals surface area contributed by atoms with Crippen molar-refractivity contribution < 1.29 is 21.0 Å². The summed E-state index contributed by atoms with van der Waals surface area (Å²) in [6.07, 6.45) is 12.8. The number of sulfonamides is 1. The second-order valence-electron chi connectivity index (χ2n) is 6.86. The van der Waals surface area contributed by atoms with Crippen LogP contribution in [0.2, 0.25) is 0 Å². The Balaban J connectivity index is 2.22. The largest absolute Gasteiger partial charge is 0.296 e. The van der Waals surface area contributed by atoms with Gasteiger partial charge in [-0.3, -0.25) is 8.91 Å². The number of rotatable bonds is 15. The van der Waals surface area contributed by atoms with E-state index in [9.17, 15) is 16.8 Å².